The molecule has 0 aromatic carbocycles. The van der Waals surface area contributed by atoms with Crippen molar-refractivity contribution in [3.63, 3.8) is 0 Å². The van der Waals surface area contributed by atoms with Gasteiger partial charge in [-0.05, 0) is 42.2 Å². The number of carbonyl (C=O) groups excluding carboxylic acids is 3. The zero-order valence-electron chi connectivity index (χ0n) is 12.3. The molecular formula is C17H15N3O3. The van der Waals surface area contributed by atoms with Crippen molar-refractivity contribution in [1.29, 1.82) is 0 Å². The Labute approximate surface area is 132 Å². The van der Waals surface area contributed by atoms with Crippen LogP contribution in [0.4, 0.5) is 0 Å². The van der Waals surface area contributed by atoms with Gasteiger partial charge in [-0.1, -0.05) is 12.2 Å². The van der Waals surface area contributed by atoms with E-state index in [1.54, 1.807) is 18.3 Å². The highest BCUT2D eigenvalue weighted by Gasteiger charge is 2.73. The predicted octanol–water partition coefficient (Wildman–Crippen LogP) is 0.924. The van der Waals surface area contributed by atoms with Crippen molar-refractivity contribution in [3.8, 4) is 0 Å². The third kappa shape index (κ3) is 1.48. The molecule has 1 spiro atoms. The van der Waals surface area contributed by atoms with Crippen LogP contribution in [0.3, 0.4) is 0 Å². The van der Waals surface area contributed by atoms with Crippen molar-refractivity contribution >= 4 is 17.7 Å². The molecule has 3 amide bonds. The summed E-state index contributed by atoms with van der Waals surface area (Å²) >= 11 is 0. The lowest BCUT2D eigenvalue weighted by Crippen LogP contribution is -2.47. The third-order valence-corrected chi connectivity index (χ3v) is 5.99. The maximum absolute atomic E-state index is 12.7. The molecule has 6 nitrogen and oxygen atoms in total. The molecular weight excluding hydrogens is 294 g/mol. The molecule has 5 rings (SSSR count). The van der Waals surface area contributed by atoms with Crippen LogP contribution in [-0.2, 0) is 9.59 Å². The lowest BCUT2D eigenvalue weighted by molar-refractivity contribution is -0.144. The van der Waals surface area contributed by atoms with Crippen LogP contribution in [0.5, 0.6) is 0 Å². The fraction of sp³-hybridized carbons (Fsp3) is 0.412. The van der Waals surface area contributed by atoms with Gasteiger partial charge < -0.3 is 0 Å². The minimum absolute atomic E-state index is 0.161. The highest BCUT2D eigenvalue weighted by atomic mass is 16.2. The molecule has 116 valence electrons. The number of hydrogen-bond donors (Lipinski definition) is 1. The second kappa shape index (κ2) is 4.07. The molecule has 1 aromatic heterocycles. The van der Waals surface area contributed by atoms with Crippen molar-refractivity contribution in [1.82, 2.24) is 15.4 Å². The summed E-state index contributed by atoms with van der Waals surface area (Å²) in [5.74, 6) is -1.28. The molecule has 2 saturated carbocycles. The second-order valence-electron chi connectivity index (χ2n) is 6.92. The minimum Gasteiger partial charge on any atom is -0.272 e. The van der Waals surface area contributed by atoms with Gasteiger partial charge in [-0.2, -0.15) is 5.01 Å². The van der Waals surface area contributed by atoms with Crippen LogP contribution in [0.1, 0.15) is 23.2 Å². The zero-order valence-corrected chi connectivity index (χ0v) is 12.3. The number of carbonyl (C=O) groups is 3. The standard InChI is InChI=1S/C17H15N3O3/c21-14(9-2-1-7-18-8-9)19-20-15(22)12-10-3-4-11(13(12)16(20)23)17(10)5-6-17/h1-4,7-8,10-13H,5-6H2,(H,19,21)/t10-,11-,12-,13-/m1/s1. The average molecular weight is 309 g/mol. The van der Waals surface area contributed by atoms with E-state index in [0.717, 1.165) is 17.9 Å². The van der Waals surface area contributed by atoms with E-state index in [4.69, 9.17) is 0 Å². The molecule has 1 aliphatic heterocycles. The molecule has 23 heavy (non-hydrogen) atoms. The minimum atomic E-state index is -0.485. The molecule has 2 bridgehead atoms. The monoisotopic (exact) mass is 309 g/mol. The molecule has 1 aromatic rings. The van der Waals surface area contributed by atoms with Gasteiger partial charge in [0.05, 0.1) is 17.4 Å². The predicted molar refractivity (Wildman–Crippen MR) is 78.3 cm³/mol. The smallest absolute Gasteiger partial charge is 0.271 e. The molecule has 0 radical (unpaired) electrons. The lowest BCUT2D eigenvalue weighted by Gasteiger charge is -2.21. The van der Waals surface area contributed by atoms with E-state index in [0.29, 0.717) is 5.56 Å². The fourth-order valence-electron chi connectivity index (χ4n) is 4.85. The lowest BCUT2D eigenvalue weighted by atomic mass is 9.85. The van der Waals surface area contributed by atoms with Crippen molar-refractivity contribution in [2.45, 2.75) is 12.8 Å². The molecule has 6 heteroatoms. The number of rotatable bonds is 2. The first-order valence-corrected chi connectivity index (χ1v) is 7.91. The van der Waals surface area contributed by atoms with Crippen LogP contribution < -0.4 is 5.43 Å². The Morgan fingerprint density at radius 3 is 2.35 bits per heavy atom. The number of allylic oxidation sites excluding steroid dienone is 2. The second-order valence-corrected chi connectivity index (χ2v) is 6.92. The number of amides is 3. The summed E-state index contributed by atoms with van der Waals surface area (Å²) in [5.41, 5.74) is 2.96. The van der Waals surface area contributed by atoms with Gasteiger partial charge in [-0.3, -0.25) is 24.8 Å². The van der Waals surface area contributed by atoms with Crippen LogP contribution in [0.2, 0.25) is 0 Å². The number of aromatic nitrogens is 1. The summed E-state index contributed by atoms with van der Waals surface area (Å²) in [4.78, 5) is 41.5. The Balaban J connectivity index is 1.42. The number of hydrogen-bond acceptors (Lipinski definition) is 4. The van der Waals surface area contributed by atoms with E-state index in [9.17, 15) is 14.4 Å². The van der Waals surface area contributed by atoms with Gasteiger partial charge in [0, 0.05) is 12.4 Å². The van der Waals surface area contributed by atoms with Gasteiger partial charge >= 0.3 is 0 Å². The highest BCUT2D eigenvalue weighted by Crippen LogP contribution is 2.73. The van der Waals surface area contributed by atoms with Crippen molar-refractivity contribution in [3.05, 3.63) is 42.2 Å². The molecule has 4 aliphatic rings. The van der Waals surface area contributed by atoms with Crippen molar-refractivity contribution in [2.75, 3.05) is 0 Å². The topological polar surface area (TPSA) is 79.4 Å². The van der Waals surface area contributed by atoms with E-state index in [1.807, 2.05) is 0 Å². The molecule has 1 saturated heterocycles. The number of nitrogens with zero attached hydrogens (tertiary/aromatic N) is 2. The number of fused-ring (bicyclic) bond motifs is 3. The molecule has 3 fully saturated rings. The van der Waals surface area contributed by atoms with Crippen molar-refractivity contribution < 1.29 is 14.4 Å². The van der Waals surface area contributed by atoms with Gasteiger partial charge in [-0.25, -0.2) is 0 Å². The Bertz CT molecular complexity index is 735. The quantitative estimate of drug-likeness (QED) is 0.651. The van der Waals surface area contributed by atoms with Crippen molar-refractivity contribution in [2.24, 2.45) is 29.1 Å². The van der Waals surface area contributed by atoms with E-state index in [1.165, 1.54) is 6.20 Å². The Morgan fingerprint density at radius 1 is 1.17 bits per heavy atom. The summed E-state index contributed by atoms with van der Waals surface area (Å²) < 4.78 is 0. The van der Waals surface area contributed by atoms with Crippen LogP contribution in [0.25, 0.3) is 0 Å². The number of imide groups is 1. The number of hydrazine groups is 1. The van der Waals surface area contributed by atoms with Gasteiger partial charge in [0.15, 0.2) is 0 Å². The summed E-state index contributed by atoms with van der Waals surface area (Å²) in [5, 5.41) is 0.937. The maximum Gasteiger partial charge on any atom is 0.271 e. The SMILES string of the molecule is O=C(NN1C(=O)[C@H]2[C@H](C1=O)[C@H]1C=C[C@H]2C12CC2)c1cccnc1. The summed E-state index contributed by atoms with van der Waals surface area (Å²) in [6.45, 7) is 0. The number of pyridine rings is 1. The summed E-state index contributed by atoms with van der Waals surface area (Å²) in [6.07, 6.45) is 9.39. The van der Waals surface area contributed by atoms with Crippen LogP contribution >= 0.6 is 0 Å². The largest absolute Gasteiger partial charge is 0.272 e. The van der Waals surface area contributed by atoms with Crippen LogP contribution in [0, 0.1) is 29.1 Å². The fourth-order valence-corrected chi connectivity index (χ4v) is 4.85. The Kier molecular flexibility index (Phi) is 2.30. The van der Waals surface area contributed by atoms with Gasteiger partial charge in [-0.15, -0.1) is 0 Å². The molecule has 0 unspecified atom stereocenters. The normalized spacial score (nSPS) is 35.0. The Hall–Kier alpha value is -2.50. The van der Waals surface area contributed by atoms with E-state index in [2.05, 4.69) is 22.6 Å². The van der Waals surface area contributed by atoms with Gasteiger partial charge in [0.25, 0.3) is 17.7 Å². The average Bonchev–Trinajstić information content (AvgIpc) is 3.18. The summed E-state index contributed by atoms with van der Waals surface area (Å²) in [6, 6.07) is 3.23. The first-order valence-electron chi connectivity index (χ1n) is 7.91. The van der Waals surface area contributed by atoms with E-state index < -0.39 is 5.91 Å². The third-order valence-electron chi connectivity index (χ3n) is 5.99. The first kappa shape index (κ1) is 13.0. The van der Waals surface area contributed by atoms with Crippen LogP contribution in [-0.4, -0.2) is 27.7 Å². The first-order chi connectivity index (χ1) is 11.1. The molecule has 3 aliphatic carbocycles. The van der Waals surface area contributed by atoms with E-state index in [-0.39, 0.29) is 40.9 Å². The van der Waals surface area contributed by atoms with Crippen LogP contribution in [0.15, 0.2) is 36.7 Å². The molecule has 1 N–H and O–H groups in total. The van der Waals surface area contributed by atoms with E-state index >= 15 is 0 Å². The maximum atomic E-state index is 12.7. The Morgan fingerprint density at radius 2 is 1.83 bits per heavy atom. The summed E-state index contributed by atoms with van der Waals surface area (Å²) in [7, 11) is 0. The molecule has 2 heterocycles. The van der Waals surface area contributed by atoms with Gasteiger partial charge in [0.2, 0.25) is 0 Å². The number of nitrogens with one attached hydrogen (secondary N) is 1. The molecule has 4 atom stereocenters. The highest BCUT2D eigenvalue weighted by molar-refractivity contribution is 6.09. The van der Waals surface area contributed by atoms with Gasteiger partial charge in [0.1, 0.15) is 0 Å². The zero-order chi connectivity index (χ0) is 15.8.